The molecule has 0 aliphatic carbocycles. The van der Waals surface area contributed by atoms with Crippen LogP contribution in [-0.2, 0) is 0 Å². The minimum Gasteiger partial charge on any atom is -0.271 e. The van der Waals surface area contributed by atoms with Gasteiger partial charge in [0.1, 0.15) is 0 Å². The number of nitrogens with one attached hydrogen (secondary N) is 1. The highest BCUT2D eigenvalue weighted by molar-refractivity contribution is 9.10. The standard InChI is InChI=1S/C10H13BrN2/c1-3-10(13-12)8-4-7(2)5-9(11)6-8/h3-6,10,13H,1,12H2,2H3. The Hall–Kier alpha value is -0.640. The second-order valence-corrected chi connectivity index (χ2v) is 3.86. The molecule has 2 nitrogen and oxygen atoms in total. The SMILES string of the molecule is C=CC(NN)c1cc(C)cc(Br)c1. The van der Waals surface area contributed by atoms with Crippen LogP contribution in [0.2, 0.25) is 0 Å². The fraction of sp³-hybridized carbons (Fsp3) is 0.200. The number of hydrogen-bond acceptors (Lipinski definition) is 2. The average Bonchev–Trinajstić information content (AvgIpc) is 2.04. The van der Waals surface area contributed by atoms with Gasteiger partial charge in [-0.05, 0) is 30.2 Å². The van der Waals surface area contributed by atoms with Crippen molar-refractivity contribution in [2.45, 2.75) is 13.0 Å². The number of aryl methyl sites for hydroxylation is 1. The lowest BCUT2D eigenvalue weighted by Crippen LogP contribution is -2.26. The van der Waals surface area contributed by atoms with Crippen LogP contribution in [0, 0.1) is 6.92 Å². The summed E-state index contributed by atoms with van der Waals surface area (Å²) in [4.78, 5) is 0. The number of hydrogen-bond donors (Lipinski definition) is 2. The fourth-order valence-corrected chi connectivity index (χ4v) is 1.87. The summed E-state index contributed by atoms with van der Waals surface area (Å²) < 4.78 is 1.06. The lowest BCUT2D eigenvalue weighted by molar-refractivity contribution is 0.656. The van der Waals surface area contributed by atoms with Crippen LogP contribution in [-0.4, -0.2) is 0 Å². The van der Waals surface area contributed by atoms with Crippen molar-refractivity contribution in [2.75, 3.05) is 0 Å². The van der Waals surface area contributed by atoms with Crippen LogP contribution in [0.5, 0.6) is 0 Å². The number of halogens is 1. The summed E-state index contributed by atoms with van der Waals surface area (Å²) in [6.07, 6.45) is 1.78. The van der Waals surface area contributed by atoms with Gasteiger partial charge in [-0.25, -0.2) is 5.43 Å². The molecule has 0 aliphatic heterocycles. The van der Waals surface area contributed by atoms with E-state index in [4.69, 9.17) is 5.84 Å². The maximum absolute atomic E-state index is 5.38. The van der Waals surface area contributed by atoms with Crippen molar-refractivity contribution < 1.29 is 0 Å². The third kappa shape index (κ3) is 2.66. The van der Waals surface area contributed by atoms with Crippen molar-refractivity contribution in [2.24, 2.45) is 5.84 Å². The first-order valence-electron chi connectivity index (χ1n) is 4.03. The van der Waals surface area contributed by atoms with Crippen LogP contribution in [0.15, 0.2) is 35.3 Å². The summed E-state index contributed by atoms with van der Waals surface area (Å²) in [7, 11) is 0. The molecule has 0 amide bonds. The van der Waals surface area contributed by atoms with E-state index < -0.39 is 0 Å². The minimum atomic E-state index is 0.0104. The topological polar surface area (TPSA) is 38.0 Å². The molecule has 0 saturated carbocycles. The molecule has 0 radical (unpaired) electrons. The molecule has 13 heavy (non-hydrogen) atoms. The van der Waals surface area contributed by atoms with E-state index in [2.05, 4.69) is 40.1 Å². The highest BCUT2D eigenvalue weighted by Gasteiger charge is 2.05. The van der Waals surface area contributed by atoms with Crippen LogP contribution in [0.4, 0.5) is 0 Å². The van der Waals surface area contributed by atoms with Gasteiger partial charge in [-0.3, -0.25) is 5.84 Å². The summed E-state index contributed by atoms with van der Waals surface area (Å²) in [5, 5.41) is 0. The highest BCUT2D eigenvalue weighted by atomic mass is 79.9. The van der Waals surface area contributed by atoms with Gasteiger partial charge in [-0.15, -0.1) is 6.58 Å². The zero-order valence-corrected chi connectivity index (χ0v) is 9.14. The van der Waals surface area contributed by atoms with Gasteiger partial charge >= 0.3 is 0 Å². The monoisotopic (exact) mass is 240 g/mol. The predicted octanol–water partition coefficient (Wildman–Crippen LogP) is 2.45. The summed E-state index contributed by atoms with van der Waals surface area (Å²) >= 11 is 3.44. The van der Waals surface area contributed by atoms with Crippen molar-refractivity contribution in [3.05, 3.63) is 46.5 Å². The van der Waals surface area contributed by atoms with Gasteiger partial charge in [-0.2, -0.15) is 0 Å². The predicted molar refractivity (Wildman–Crippen MR) is 59.1 cm³/mol. The van der Waals surface area contributed by atoms with Gasteiger partial charge in [0.05, 0.1) is 6.04 Å². The second-order valence-electron chi connectivity index (χ2n) is 2.94. The molecule has 70 valence electrons. The minimum absolute atomic E-state index is 0.0104. The molecule has 0 spiro atoms. The Morgan fingerprint density at radius 3 is 2.69 bits per heavy atom. The van der Waals surface area contributed by atoms with E-state index >= 15 is 0 Å². The van der Waals surface area contributed by atoms with E-state index in [-0.39, 0.29) is 6.04 Å². The Morgan fingerprint density at radius 1 is 1.54 bits per heavy atom. The van der Waals surface area contributed by atoms with Crippen LogP contribution < -0.4 is 11.3 Å². The third-order valence-corrected chi connectivity index (χ3v) is 2.30. The van der Waals surface area contributed by atoms with Gasteiger partial charge in [0, 0.05) is 4.47 Å². The molecule has 1 aromatic carbocycles. The van der Waals surface area contributed by atoms with Crippen molar-refractivity contribution in [1.82, 2.24) is 5.43 Å². The number of nitrogens with two attached hydrogens (primary N) is 1. The molecule has 3 heteroatoms. The van der Waals surface area contributed by atoms with Crippen LogP contribution in [0.3, 0.4) is 0 Å². The average molecular weight is 241 g/mol. The zero-order valence-electron chi connectivity index (χ0n) is 7.55. The summed E-state index contributed by atoms with van der Waals surface area (Å²) in [6, 6.07) is 6.17. The summed E-state index contributed by atoms with van der Waals surface area (Å²) in [5.41, 5.74) is 5.00. The molecule has 0 fully saturated rings. The van der Waals surface area contributed by atoms with E-state index in [1.165, 1.54) is 5.56 Å². The Labute approximate surface area is 86.9 Å². The van der Waals surface area contributed by atoms with E-state index in [1.54, 1.807) is 6.08 Å². The normalized spacial score (nSPS) is 12.5. The largest absolute Gasteiger partial charge is 0.271 e. The maximum Gasteiger partial charge on any atom is 0.0638 e. The first kappa shape index (κ1) is 10.4. The highest BCUT2D eigenvalue weighted by Crippen LogP contribution is 2.20. The first-order valence-corrected chi connectivity index (χ1v) is 4.82. The fourth-order valence-electron chi connectivity index (χ4n) is 1.24. The Kier molecular flexibility index (Phi) is 3.66. The number of hydrazine groups is 1. The number of rotatable bonds is 3. The molecule has 3 N–H and O–H groups in total. The van der Waals surface area contributed by atoms with Gasteiger partial charge in [0.2, 0.25) is 0 Å². The van der Waals surface area contributed by atoms with E-state index in [0.717, 1.165) is 10.0 Å². The van der Waals surface area contributed by atoms with Crippen LogP contribution >= 0.6 is 15.9 Å². The Balaban J connectivity index is 3.05. The summed E-state index contributed by atoms with van der Waals surface area (Å²) in [5.74, 6) is 5.38. The van der Waals surface area contributed by atoms with Gasteiger partial charge in [0.15, 0.2) is 0 Å². The molecule has 0 aromatic heterocycles. The second kappa shape index (κ2) is 4.56. The first-order chi connectivity index (χ1) is 6.17. The van der Waals surface area contributed by atoms with Crippen LogP contribution in [0.1, 0.15) is 17.2 Å². The molecule has 0 bridgehead atoms. The molecule has 0 heterocycles. The molecule has 1 rings (SSSR count). The number of benzene rings is 1. The van der Waals surface area contributed by atoms with Crippen molar-refractivity contribution in [3.63, 3.8) is 0 Å². The van der Waals surface area contributed by atoms with Gasteiger partial charge < -0.3 is 0 Å². The Morgan fingerprint density at radius 2 is 2.23 bits per heavy atom. The Bertz CT molecular complexity index is 290. The summed E-state index contributed by atoms with van der Waals surface area (Å²) in [6.45, 7) is 5.76. The lowest BCUT2D eigenvalue weighted by atomic mass is 10.1. The maximum atomic E-state index is 5.38. The molecular weight excluding hydrogens is 228 g/mol. The van der Waals surface area contributed by atoms with Crippen molar-refractivity contribution in [3.8, 4) is 0 Å². The zero-order chi connectivity index (χ0) is 9.84. The smallest absolute Gasteiger partial charge is 0.0638 e. The van der Waals surface area contributed by atoms with E-state index in [9.17, 15) is 0 Å². The molecule has 0 saturated heterocycles. The molecule has 1 unspecified atom stereocenters. The van der Waals surface area contributed by atoms with E-state index in [0.29, 0.717) is 0 Å². The molecule has 1 aromatic rings. The van der Waals surface area contributed by atoms with Crippen molar-refractivity contribution in [1.29, 1.82) is 0 Å². The van der Waals surface area contributed by atoms with Crippen LogP contribution in [0.25, 0.3) is 0 Å². The molecule has 1 atom stereocenters. The van der Waals surface area contributed by atoms with Gasteiger partial charge in [-0.1, -0.05) is 28.1 Å². The quantitative estimate of drug-likeness (QED) is 0.484. The third-order valence-electron chi connectivity index (χ3n) is 1.84. The lowest BCUT2D eigenvalue weighted by Gasteiger charge is -2.12. The molecular formula is C10H13BrN2. The van der Waals surface area contributed by atoms with Gasteiger partial charge in [0.25, 0.3) is 0 Å². The molecule has 0 aliphatic rings. The van der Waals surface area contributed by atoms with Crippen molar-refractivity contribution >= 4 is 15.9 Å². The van der Waals surface area contributed by atoms with E-state index in [1.807, 2.05) is 13.0 Å².